The number of hydrogen-bond acceptors (Lipinski definition) is 2. The van der Waals surface area contributed by atoms with E-state index in [9.17, 15) is 4.11 Å². The molecule has 0 saturated carbocycles. The Bertz CT molecular complexity index is 3750. The predicted octanol–water partition coefficient (Wildman–Crippen LogP) is 16.1. The van der Waals surface area contributed by atoms with Gasteiger partial charge in [-0.2, -0.15) is 0 Å². The van der Waals surface area contributed by atoms with Crippen LogP contribution in [0.4, 0.5) is 0 Å². The van der Waals surface area contributed by atoms with Crippen molar-refractivity contribution in [3.63, 3.8) is 0 Å². The van der Waals surface area contributed by atoms with E-state index in [-0.39, 0.29) is 28.5 Å². The summed E-state index contributed by atoms with van der Waals surface area (Å²) in [6.07, 6.45) is 6.92. The van der Waals surface area contributed by atoms with Crippen LogP contribution in [0.5, 0.6) is 11.5 Å². The van der Waals surface area contributed by atoms with Crippen molar-refractivity contribution < 1.29 is 17.5 Å². The Hall–Kier alpha value is -7.24. The van der Waals surface area contributed by atoms with Crippen molar-refractivity contribution in [2.75, 3.05) is 0 Å². The minimum Gasteiger partial charge on any atom is -0.458 e. The number of pyridine rings is 1. The highest BCUT2D eigenvalue weighted by Gasteiger charge is 2.25. The Morgan fingerprint density at radius 2 is 1.31 bits per heavy atom. The minimum atomic E-state index is -0.722. The third-order valence-corrected chi connectivity index (χ3v) is 13.1. The van der Waals surface area contributed by atoms with Gasteiger partial charge in [-0.3, -0.25) is 13.7 Å². The van der Waals surface area contributed by atoms with Crippen LogP contribution >= 0.6 is 0 Å². The van der Waals surface area contributed by atoms with Gasteiger partial charge in [-0.15, -0.1) is 0 Å². The summed E-state index contributed by atoms with van der Waals surface area (Å²) in [5.74, 6) is 1.26. The van der Waals surface area contributed by atoms with Crippen LogP contribution in [0.15, 0.2) is 170 Å². The molecule has 67 heavy (non-hydrogen) atoms. The van der Waals surface area contributed by atoms with Crippen LogP contribution in [0, 0.1) is 13.3 Å². The van der Waals surface area contributed by atoms with Gasteiger partial charge in [0.2, 0.25) is 0 Å². The number of para-hydroxylation sites is 3. The molecule has 10 rings (SSSR count). The zero-order valence-corrected chi connectivity index (χ0v) is 39.9. The van der Waals surface area contributed by atoms with Crippen molar-refractivity contribution in [2.45, 2.75) is 91.9 Å². The van der Waals surface area contributed by atoms with Gasteiger partial charge in [-0.05, 0) is 130 Å². The maximum atomic E-state index is 9.25. The van der Waals surface area contributed by atoms with Crippen molar-refractivity contribution >= 4 is 32.8 Å². The highest BCUT2D eigenvalue weighted by molar-refractivity contribution is 6.09. The predicted molar refractivity (Wildman–Crippen MR) is 279 cm³/mol. The lowest BCUT2D eigenvalue weighted by atomic mass is 9.78. The average molecular weight is 883 g/mol. The van der Waals surface area contributed by atoms with Crippen LogP contribution in [0.3, 0.4) is 0 Å². The second kappa shape index (κ2) is 17.2. The Morgan fingerprint density at radius 1 is 0.657 bits per heavy atom. The molecule has 3 aromatic heterocycles. The average Bonchev–Trinajstić information content (AvgIpc) is 3.93. The number of benzene rings is 7. The maximum absolute atomic E-state index is 9.25. The van der Waals surface area contributed by atoms with E-state index in [0.717, 1.165) is 77.7 Å². The molecule has 0 bridgehead atoms. The van der Waals surface area contributed by atoms with Gasteiger partial charge in [-0.25, -0.2) is 4.98 Å². The lowest BCUT2D eigenvalue weighted by Crippen LogP contribution is -2.32. The quantitative estimate of drug-likeness (QED) is 0.101. The SMILES string of the molecule is [2H]c1c([2H])c([2H])c(-c2cccc(-c3cc(C(C)(C)C)cc(C(C)(C)C)c3)c2-[n+]2[c-]n(-c3cccc(Oc4ccc5c6ccccc6n(-c6cc(C([2H])(CC)CC)ccn6)c5c4)c3)c3cccc(C)c32)c([2H])c1[2H]. The van der Waals surface area contributed by atoms with E-state index in [1.54, 1.807) is 6.20 Å². The standard InChI is InChI=1S/C62H60N4O/c1-10-42(11-2)44-32-33-63-58(36-44)66-55-28-16-15-25-53(55)54-31-30-50(39-57(54)66)67-49-24-18-23-48(38-49)64-40-65(59-41(3)20-17-29-56(59)64)60-51(43-21-13-12-14-22-43)26-19-27-52(60)45-34-46(61(4,5)6)37-47(35-45)62(7,8)9/h12-39,42H,10-11H2,1-9H3/i12D,13D,14D,21D,22D,42D. The van der Waals surface area contributed by atoms with Crippen molar-refractivity contribution in [3.05, 3.63) is 198 Å². The summed E-state index contributed by atoms with van der Waals surface area (Å²) < 4.78 is 66.7. The summed E-state index contributed by atoms with van der Waals surface area (Å²) in [5.41, 5.74) is 11.2. The van der Waals surface area contributed by atoms with Crippen LogP contribution in [0.1, 0.15) is 105 Å². The van der Waals surface area contributed by atoms with Gasteiger partial charge in [-0.1, -0.05) is 164 Å². The molecular formula is C62H60N4O. The van der Waals surface area contributed by atoms with E-state index in [4.69, 9.17) is 13.8 Å². The number of rotatable bonds is 10. The second-order valence-corrected chi connectivity index (χ2v) is 19.6. The number of aromatic nitrogens is 4. The van der Waals surface area contributed by atoms with E-state index < -0.39 is 24.0 Å². The Balaban J connectivity index is 1.15. The van der Waals surface area contributed by atoms with Crippen molar-refractivity contribution in [1.82, 2.24) is 14.1 Å². The molecule has 0 aliphatic heterocycles. The van der Waals surface area contributed by atoms with Gasteiger partial charge in [0.15, 0.2) is 0 Å². The first-order valence-electron chi connectivity index (χ1n) is 26.3. The van der Waals surface area contributed by atoms with E-state index in [1.165, 1.54) is 0 Å². The molecule has 5 nitrogen and oxygen atoms in total. The molecule has 0 saturated heterocycles. The molecule has 0 aliphatic rings. The zero-order chi connectivity index (χ0) is 51.9. The lowest BCUT2D eigenvalue weighted by molar-refractivity contribution is -0.571. The van der Waals surface area contributed by atoms with Gasteiger partial charge in [0.1, 0.15) is 17.3 Å². The van der Waals surface area contributed by atoms with Crippen LogP contribution in [0.25, 0.3) is 72.3 Å². The number of fused-ring (bicyclic) bond motifs is 4. The van der Waals surface area contributed by atoms with Crippen LogP contribution in [-0.4, -0.2) is 14.1 Å². The summed E-state index contributed by atoms with van der Waals surface area (Å²) in [7, 11) is 0. The van der Waals surface area contributed by atoms with E-state index in [1.807, 2.05) is 81.9 Å². The third-order valence-electron chi connectivity index (χ3n) is 13.1. The minimum absolute atomic E-state index is 0.113. The number of nitrogens with zero attached hydrogens (tertiary/aromatic N) is 4. The molecule has 0 radical (unpaired) electrons. The molecule has 7 aromatic carbocycles. The third kappa shape index (κ3) is 8.11. The zero-order valence-electron chi connectivity index (χ0n) is 45.9. The summed E-state index contributed by atoms with van der Waals surface area (Å²) >= 11 is 0. The molecule has 334 valence electrons. The topological polar surface area (TPSA) is 35.9 Å². The number of ether oxygens (including phenoxy) is 1. The van der Waals surface area contributed by atoms with Gasteiger partial charge in [0, 0.05) is 24.4 Å². The van der Waals surface area contributed by atoms with Crippen LogP contribution in [0.2, 0.25) is 0 Å². The van der Waals surface area contributed by atoms with Crippen LogP contribution < -0.4 is 9.30 Å². The second-order valence-electron chi connectivity index (χ2n) is 19.6. The summed E-state index contributed by atoms with van der Waals surface area (Å²) in [5, 5.41) is 2.15. The Labute approximate surface area is 404 Å². The molecule has 0 aliphatic carbocycles. The van der Waals surface area contributed by atoms with E-state index in [0.29, 0.717) is 35.6 Å². The molecule has 0 spiro atoms. The first-order chi connectivity index (χ1) is 34.7. The largest absolute Gasteiger partial charge is 0.458 e. The summed E-state index contributed by atoms with van der Waals surface area (Å²) in [6, 6.07) is 43.2. The first-order valence-corrected chi connectivity index (χ1v) is 23.3. The fraction of sp³-hybridized carbons (Fsp3) is 0.226. The molecule has 0 amide bonds. The fourth-order valence-electron chi connectivity index (χ4n) is 9.43. The highest BCUT2D eigenvalue weighted by Crippen LogP contribution is 2.40. The molecule has 3 heterocycles. The molecule has 0 fully saturated rings. The molecule has 0 unspecified atom stereocenters. The van der Waals surface area contributed by atoms with Crippen molar-refractivity contribution in [3.8, 4) is 50.9 Å². The van der Waals surface area contributed by atoms with Crippen LogP contribution in [-0.2, 0) is 10.8 Å². The number of aryl methyl sites for hydroxylation is 1. The molecule has 10 aromatic rings. The van der Waals surface area contributed by atoms with Crippen molar-refractivity contribution in [1.29, 1.82) is 0 Å². The lowest BCUT2D eigenvalue weighted by Gasteiger charge is -2.27. The van der Waals surface area contributed by atoms with Gasteiger partial charge in [0.25, 0.3) is 6.33 Å². The van der Waals surface area contributed by atoms with E-state index >= 15 is 0 Å². The first kappa shape index (κ1) is 36.9. The smallest absolute Gasteiger partial charge is 0.269 e. The number of hydrogen-bond donors (Lipinski definition) is 0. The Morgan fingerprint density at radius 3 is 2.04 bits per heavy atom. The number of imidazole rings is 1. The maximum Gasteiger partial charge on any atom is 0.269 e. The molecule has 0 atom stereocenters. The monoisotopic (exact) mass is 883 g/mol. The molecule has 0 N–H and O–H groups in total. The Kier molecular flexibility index (Phi) is 9.48. The van der Waals surface area contributed by atoms with Gasteiger partial charge < -0.3 is 4.74 Å². The van der Waals surface area contributed by atoms with Gasteiger partial charge in [0.05, 0.1) is 40.3 Å². The molecule has 5 heteroatoms. The summed E-state index contributed by atoms with van der Waals surface area (Å²) in [4.78, 5) is 4.86. The fourth-order valence-corrected chi connectivity index (χ4v) is 9.43. The van der Waals surface area contributed by atoms with Crippen molar-refractivity contribution in [2.24, 2.45) is 0 Å². The normalized spacial score (nSPS) is 13.6. The van der Waals surface area contributed by atoms with Gasteiger partial charge >= 0.3 is 0 Å². The highest BCUT2D eigenvalue weighted by atomic mass is 16.5. The van der Waals surface area contributed by atoms with E-state index in [2.05, 4.69) is 134 Å². The summed E-state index contributed by atoms with van der Waals surface area (Å²) in [6.45, 7) is 19.4. The molecular weight excluding hydrogens is 817 g/mol.